The van der Waals surface area contributed by atoms with Crippen LogP contribution < -0.4 is 5.32 Å². The monoisotopic (exact) mass is 256 g/mol. The molecule has 0 unspecified atom stereocenters. The molecule has 1 aromatic carbocycles. The summed E-state index contributed by atoms with van der Waals surface area (Å²) in [7, 11) is 0. The van der Waals surface area contributed by atoms with Crippen molar-refractivity contribution in [3.63, 3.8) is 0 Å². The highest BCUT2D eigenvalue weighted by Crippen LogP contribution is 2.14. The number of aromatic nitrogens is 2. The van der Waals surface area contributed by atoms with Gasteiger partial charge in [0.25, 0.3) is 0 Å². The van der Waals surface area contributed by atoms with Crippen molar-refractivity contribution in [2.75, 3.05) is 5.32 Å². The van der Waals surface area contributed by atoms with Crippen molar-refractivity contribution in [2.45, 2.75) is 19.9 Å². The first-order valence-electron chi connectivity index (χ1n) is 5.97. The van der Waals surface area contributed by atoms with E-state index in [0.29, 0.717) is 24.2 Å². The van der Waals surface area contributed by atoms with Gasteiger partial charge >= 0.3 is 0 Å². The van der Waals surface area contributed by atoms with Gasteiger partial charge in [-0.2, -0.15) is 5.26 Å². The third-order valence-corrected chi connectivity index (χ3v) is 2.74. The van der Waals surface area contributed by atoms with E-state index in [4.69, 9.17) is 5.26 Å². The zero-order valence-corrected chi connectivity index (χ0v) is 10.5. The molecule has 2 aromatic rings. The van der Waals surface area contributed by atoms with Gasteiger partial charge in [-0.1, -0.05) is 19.1 Å². The van der Waals surface area contributed by atoms with E-state index < -0.39 is 5.82 Å². The summed E-state index contributed by atoms with van der Waals surface area (Å²) in [6.45, 7) is 2.29. The van der Waals surface area contributed by atoms with E-state index in [1.165, 1.54) is 6.33 Å². The van der Waals surface area contributed by atoms with Crippen LogP contribution in [0.3, 0.4) is 0 Å². The number of nitrogens with zero attached hydrogens (tertiary/aromatic N) is 3. The van der Waals surface area contributed by atoms with Crippen LogP contribution in [0.2, 0.25) is 0 Å². The molecule has 0 radical (unpaired) electrons. The topological polar surface area (TPSA) is 61.6 Å². The zero-order chi connectivity index (χ0) is 13.7. The summed E-state index contributed by atoms with van der Waals surface area (Å²) < 4.78 is 13.9. The van der Waals surface area contributed by atoms with E-state index in [-0.39, 0.29) is 5.82 Å². The third kappa shape index (κ3) is 3.05. The summed E-state index contributed by atoms with van der Waals surface area (Å²) in [5, 5.41) is 11.6. The fourth-order valence-corrected chi connectivity index (χ4v) is 1.66. The normalized spacial score (nSPS) is 9.95. The molecule has 0 aliphatic carbocycles. The van der Waals surface area contributed by atoms with E-state index >= 15 is 0 Å². The Morgan fingerprint density at radius 3 is 2.63 bits per heavy atom. The van der Waals surface area contributed by atoms with Gasteiger partial charge in [-0.05, 0) is 24.1 Å². The molecule has 1 aromatic heterocycles. The number of halogens is 1. The van der Waals surface area contributed by atoms with Crippen LogP contribution in [0.25, 0.3) is 0 Å². The van der Waals surface area contributed by atoms with E-state index in [9.17, 15) is 4.39 Å². The Hall–Kier alpha value is -2.48. The molecule has 0 aliphatic heterocycles. The van der Waals surface area contributed by atoms with Crippen LogP contribution in [-0.2, 0) is 13.0 Å². The van der Waals surface area contributed by atoms with Gasteiger partial charge in [0.05, 0.1) is 17.3 Å². The first-order valence-corrected chi connectivity index (χ1v) is 5.97. The molecule has 0 spiro atoms. The van der Waals surface area contributed by atoms with Gasteiger partial charge in [0.2, 0.25) is 0 Å². The zero-order valence-electron chi connectivity index (χ0n) is 10.5. The van der Waals surface area contributed by atoms with E-state index in [1.54, 1.807) is 12.1 Å². The summed E-state index contributed by atoms with van der Waals surface area (Å²) >= 11 is 0. The first-order chi connectivity index (χ1) is 9.24. The van der Waals surface area contributed by atoms with Gasteiger partial charge in [-0.25, -0.2) is 14.4 Å². The van der Waals surface area contributed by atoms with Crippen molar-refractivity contribution in [2.24, 2.45) is 0 Å². The minimum absolute atomic E-state index is 0.205. The van der Waals surface area contributed by atoms with Crippen LogP contribution >= 0.6 is 0 Å². The maximum Gasteiger partial charge on any atom is 0.186 e. The van der Waals surface area contributed by atoms with E-state index in [1.807, 2.05) is 19.1 Å². The lowest BCUT2D eigenvalue weighted by Crippen LogP contribution is -2.06. The smallest absolute Gasteiger partial charge is 0.186 e. The number of hydrogen-bond acceptors (Lipinski definition) is 4. The van der Waals surface area contributed by atoms with Crippen molar-refractivity contribution in [1.29, 1.82) is 5.26 Å². The van der Waals surface area contributed by atoms with Crippen LogP contribution in [0.1, 0.15) is 23.7 Å². The van der Waals surface area contributed by atoms with Crippen LogP contribution in [0, 0.1) is 17.1 Å². The fraction of sp³-hybridized carbons (Fsp3) is 0.214. The lowest BCUT2D eigenvalue weighted by Gasteiger charge is -2.08. The minimum atomic E-state index is -0.404. The quantitative estimate of drug-likeness (QED) is 0.913. The molecular weight excluding hydrogens is 243 g/mol. The molecule has 2 rings (SSSR count). The Labute approximate surface area is 110 Å². The number of nitrogens with one attached hydrogen (secondary N) is 1. The molecule has 0 saturated carbocycles. The molecule has 1 heterocycles. The maximum absolute atomic E-state index is 13.9. The molecule has 96 valence electrons. The average molecular weight is 256 g/mol. The van der Waals surface area contributed by atoms with Gasteiger partial charge in [0.15, 0.2) is 11.6 Å². The molecule has 1 N–H and O–H groups in total. The number of aryl methyl sites for hydroxylation is 1. The minimum Gasteiger partial charge on any atom is -0.363 e. The van der Waals surface area contributed by atoms with Gasteiger partial charge in [0.1, 0.15) is 6.33 Å². The Bertz CT molecular complexity index is 602. The number of anilines is 1. The molecule has 0 atom stereocenters. The molecule has 19 heavy (non-hydrogen) atoms. The molecule has 0 amide bonds. The van der Waals surface area contributed by atoms with Crippen molar-refractivity contribution >= 4 is 5.82 Å². The number of hydrogen-bond donors (Lipinski definition) is 1. The van der Waals surface area contributed by atoms with Crippen LogP contribution in [-0.4, -0.2) is 9.97 Å². The molecule has 0 bridgehead atoms. The van der Waals surface area contributed by atoms with Crippen LogP contribution in [0.15, 0.2) is 30.6 Å². The largest absolute Gasteiger partial charge is 0.363 e. The summed E-state index contributed by atoms with van der Waals surface area (Å²) in [6, 6.07) is 9.15. The molecule has 5 heteroatoms. The van der Waals surface area contributed by atoms with Gasteiger partial charge in [-0.15, -0.1) is 0 Å². The van der Waals surface area contributed by atoms with Crippen molar-refractivity contribution in [3.8, 4) is 6.07 Å². The second kappa shape index (κ2) is 5.91. The summed E-state index contributed by atoms with van der Waals surface area (Å²) in [4.78, 5) is 7.76. The molecule has 0 saturated heterocycles. The van der Waals surface area contributed by atoms with Gasteiger partial charge in [-0.3, -0.25) is 0 Å². The number of nitriles is 1. The second-order valence-electron chi connectivity index (χ2n) is 4.00. The van der Waals surface area contributed by atoms with Crippen molar-refractivity contribution in [1.82, 2.24) is 9.97 Å². The Morgan fingerprint density at radius 2 is 2.00 bits per heavy atom. The standard InChI is InChI=1S/C14H13FN4/c1-2-12-13(15)14(19-9-18-12)17-8-11-5-3-10(7-16)4-6-11/h3-6,9H,2,8H2,1H3,(H,17,18,19). The maximum atomic E-state index is 13.9. The molecular formula is C14H13FN4. The fourth-order valence-electron chi connectivity index (χ4n) is 1.66. The molecule has 0 aliphatic rings. The van der Waals surface area contributed by atoms with Crippen LogP contribution in [0.5, 0.6) is 0 Å². The van der Waals surface area contributed by atoms with Gasteiger partial charge < -0.3 is 5.32 Å². The number of benzene rings is 1. The first kappa shape index (κ1) is 13.0. The Morgan fingerprint density at radius 1 is 1.26 bits per heavy atom. The van der Waals surface area contributed by atoms with Crippen LogP contribution in [0.4, 0.5) is 10.2 Å². The lowest BCUT2D eigenvalue weighted by molar-refractivity contribution is 0.596. The lowest BCUT2D eigenvalue weighted by atomic mass is 10.1. The molecule has 4 nitrogen and oxygen atoms in total. The summed E-state index contributed by atoms with van der Waals surface area (Å²) in [5.74, 6) is -0.199. The highest BCUT2D eigenvalue weighted by atomic mass is 19.1. The highest BCUT2D eigenvalue weighted by Gasteiger charge is 2.08. The van der Waals surface area contributed by atoms with Gasteiger partial charge in [0, 0.05) is 6.54 Å². The molecule has 0 fully saturated rings. The summed E-state index contributed by atoms with van der Waals surface area (Å²) in [5.41, 5.74) is 1.96. The Balaban J connectivity index is 2.08. The van der Waals surface area contributed by atoms with E-state index in [2.05, 4.69) is 21.4 Å². The second-order valence-corrected chi connectivity index (χ2v) is 4.00. The van der Waals surface area contributed by atoms with E-state index in [0.717, 1.165) is 5.56 Å². The average Bonchev–Trinajstić information content (AvgIpc) is 2.47. The predicted molar refractivity (Wildman–Crippen MR) is 69.9 cm³/mol. The highest BCUT2D eigenvalue weighted by molar-refractivity contribution is 5.39. The summed E-state index contributed by atoms with van der Waals surface area (Å²) in [6.07, 6.45) is 1.88. The third-order valence-electron chi connectivity index (χ3n) is 2.74. The predicted octanol–water partition coefficient (Wildman–Crippen LogP) is 2.66. The number of rotatable bonds is 4. The van der Waals surface area contributed by atoms with Crippen molar-refractivity contribution in [3.05, 3.63) is 53.2 Å². The SMILES string of the molecule is CCc1ncnc(NCc2ccc(C#N)cc2)c1F. The van der Waals surface area contributed by atoms with Crippen molar-refractivity contribution < 1.29 is 4.39 Å². The Kier molecular flexibility index (Phi) is 4.04.